The number of rotatable bonds is 2. The van der Waals surface area contributed by atoms with Crippen LogP contribution in [0.5, 0.6) is 0 Å². The van der Waals surface area contributed by atoms with Gasteiger partial charge in [0, 0.05) is 12.6 Å². The standard InChI is InChI=1S/C13H12N2O4S/c16-11-10(7-8-3-2-6-19-8)20-13(14-11)15-5-1-4-9(15)12(17)18/h2-3,6-7,9H,1,4-5H2,(H,17,18)/p-1/b10-7+/t9-/m1/s1. The molecule has 3 heterocycles. The molecule has 3 rings (SSSR count). The molecule has 0 saturated carbocycles. The predicted molar refractivity (Wildman–Crippen MR) is 71.5 cm³/mol. The smallest absolute Gasteiger partial charge is 0.286 e. The first-order valence-corrected chi connectivity index (χ1v) is 7.00. The third-order valence-corrected chi connectivity index (χ3v) is 4.22. The van der Waals surface area contributed by atoms with E-state index in [9.17, 15) is 14.7 Å². The zero-order valence-electron chi connectivity index (χ0n) is 10.4. The normalized spacial score (nSPS) is 24.5. The minimum Gasteiger partial charge on any atom is -0.548 e. The molecule has 2 aliphatic heterocycles. The van der Waals surface area contributed by atoms with Crippen molar-refractivity contribution in [3.8, 4) is 0 Å². The molecule has 1 fully saturated rings. The summed E-state index contributed by atoms with van der Waals surface area (Å²) in [6.07, 6.45) is 4.40. The summed E-state index contributed by atoms with van der Waals surface area (Å²) in [7, 11) is 0. The second kappa shape index (κ2) is 5.16. The number of likely N-dealkylation sites (tertiary alicyclic amines) is 1. The number of thioether (sulfide) groups is 1. The van der Waals surface area contributed by atoms with Crippen molar-refractivity contribution in [3.05, 3.63) is 29.1 Å². The molecule has 0 bridgehead atoms. The molecule has 0 unspecified atom stereocenters. The van der Waals surface area contributed by atoms with Gasteiger partial charge in [-0.3, -0.25) is 4.79 Å². The monoisotopic (exact) mass is 291 g/mol. The number of carbonyl (C=O) groups excluding carboxylic acids is 2. The molecule has 6 nitrogen and oxygen atoms in total. The van der Waals surface area contributed by atoms with Gasteiger partial charge in [-0.1, -0.05) is 0 Å². The van der Waals surface area contributed by atoms with Gasteiger partial charge in [-0.2, -0.15) is 4.99 Å². The number of nitrogens with zero attached hydrogens (tertiary/aromatic N) is 2. The van der Waals surface area contributed by atoms with Crippen LogP contribution in [0.2, 0.25) is 0 Å². The summed E-state index contributed by atoms with van der Waals surface area (Å²) in [6, 6.07) is 2.76. The fourth-order valence-electron chi connectivity index (χ4n) is 2.26. The maximum absolute atomic E-state index is 11.8. The Morgan fingerprint density at radius 1 is 1.60 bits per heavy atom. The van der Waals surface area contributed by atoms with Gasteiger partial charge in [0.1, 0.15) is 5.76 Å². The molecule has 1 aromatic heterocycles. The van der Waals surface area contributed by atoms with Gasteiger partial charge in [0.15, 0.2) is 5.17 Å². The summed E-state index contributed by atoms with van der Waals surface area (Å²) in [6.45, 7) is 0.575. The van der Waals surface area contributed by atoms with Gasteiger partial charge < -0.3 is 19.2 Å². The van der Waals surface area contributed by atoms with Crippen molar-refractivity contribution < 1.29 is 19.1 Å². The predicted octanol–water partition coefficient (Wildman–Crippen LogP) is 0.464. The maximum Gasteiger partial charge on any atom is 0.286 e. The van der Waals surface area contributed by atoms with Crippen LogP contribution >= 0.6 is 11.8 Å². The Morgan fingerprint density at radius 2 is 2.45 bits per heavy atom. The Labute approximate surface area is 119 Å². The molecule has 1 amide bonds. The van der Waals surface area contributed by atoms with E-state index in [1.54, 1.807) is 23.1 Å². The van der Waals surface area contributed by atoms with E-state index in [0.29, 0.717) is 28.8 Å². The van der Waals surface area contributed by atoms with E-state index < -0.39 is 12.0 Å². The third-order valence-electron chi connectivity index (χ3n) is 3.20. The van der Waals surface area contributed by atoms with Crippen LogP contribution in [-0.4, -0.2) is 34.5 Å². The largest absolute Gasteiger partial charge is 0.548 e. The van der Waals surface area contributed by atoms with Crippen molar-refractivity contribution in [1.29, 1.82) is 0 Å². The Hall–Kier alpha value is -2.02. The number of aliphatic carboxylic acids is 1. The molecule has 0 aliphatic carbocycles. The highest BCUT2D eigenvalue weighted by molar-refractivity contribution is 8.18. The van der Waals surface area contributed by atoms with Crippen molar-refractivity contribution in [2.45, 2.75) is 18.9 Å². The molecule has 2 aliphatic rings. The van der Waals surface area contributed by atoms with E-state index in [2.05, 4.69) is 4.99 Å². The lowest BCUT2D eigenvalue weighted by Crippen LogP contribution is -2.45. The fraction of sp³-hybridized carbons (Fsp3) is 0.308. The summed E-state index contributed by atoms with van der Waals surface area (Å²) in [5, 5.41) is 11.5. The zero-order chi connectivity index (χ0) is 14.1. The van der Waals surface area contributed by atoms with Crippen LogP contribution < -0.4 is 5.11 Å². The number of amidine groups is 1. The van der Waals surface area contributed by atoms with Gasteiger partial charge in [0.25, 0.3) is 5.91 Å². The van der Waals surface area contributed by atoms with Crippen LogP contribution in [-0.2, 0) is 9.59 Å². The molecule has 7 heteroatoms. The molecule has 104 valence electrons. The van der Waals surface area contributed by atoms with Crippen LogP contribution in [0.25, 0.3) is 6.08 Å². The highest BCUT2D eigenvalue weighted by Gasteiger charge is 2.33. The molecular weight excluding hydrogens is 280 g/mol. The summed E-state index contributed by atoms with van der Waals surface area (Å²) in [5.41, 5.74) is 0. The van der Waals surface area contributed by atoms with Crippen LogP contribution in [0.4, 0.5) is 0 Å². The Kier molecular flexibility index (Phi) is 3.35. The van der Waals surface area contributed by atoms with Gasteiger partial charge in [-0.25, -0.2) is 0 Å². The maximum atomic E-state index is 11.8. The zero-order valence-corrected chi connectivity index (χ0v) is 11.3. The number of furan rings is 1. The van der Waals surface area contributed by atoms with E-state index in [-0.39, 0.29) is 5.91 Å². The van der Waals surface area contributed by atoms with Gasteiger partial charge in [-0.05, 0) is 36.7 Å². The first-order valence-electron chi connectivity index (χ1n) is 6.19. The average Bonchev–Trinajstić information content (AvgIpc) is 3.11. The van der Waals surface area contributed by atoms with Crippen LogP contribution in [0.3, 0.4) is 0 Å². The number of carboxylic acid groups (broad SMARTS) is 1. The average molecular weight is 291 g/mol. The van der Waals surface area contributed by atoms with Gasteiger partial charge >= 0.3 is 0 Å². The molecule has 1 atom stereocenters. The lowest BCUT2D eigenvalue weighted by atomic mass is 10.2. The van der Waals surface area contributed by atoms with Crippen LogP contribution in [0.1, 0.15) is 18.6 Å². The Bertz CT molecular complexity index is 606. The van der Waals surface area contributed by atoms with Gasteiger partial charge in [-0.15, -0.1) is 0 Å². The number of carbonyl (C=O) groups is 2. The Morgan fingerprint density at radius 3 is 3.15 bits per heavy atom. The highest BCUT2D eigenvalue weighted by atomic mass is 32.2. The molecule has 1 aromatic rings. The summed E-state index contributed by atoms with van der Waals surface area (Å²) in [4.78, 5) is 28.9. The van der Waals surface area contributed by atoms with Crippen molar-refractivity contribution in [1.82, 2.24) is 4.90 Å². The summed E-state index contributed by atoms with van der Waals surface area (Å²) < 4.78 is 5.15. The number of carboxylic acids is 1. The topological polar surface area (TPSA) is 85.9 Å². The van der Waals surface area contributed by atoms with Gasteiger partial charge in [0.2, 0.25) is 0 Å². The lowest BCUT2D eigenvalue weighted by molar-refractivity contribution is -0.309. The number of hydrogen-bond donors (Lipinski definition) is 0. The van der Waals surface area contributed by atoms with Crippen molar-refractivity contribution in [2.75, 3.05) is 6.54 Å². The van der Waals surface area contributed by atoms with E-state index >= 15 is 0 Å². The van der Waals surface area contributed by atoms with Crippen molar-refractivity contribution in [2.24, 2.45) is 4.99 Å². The third kappa shape index (κ3) is 2.36. The van der Waals surface area contributed by atoms with Crippen molar-refractivity contribution in [3.63, 3.8) is 0 Å². The SMILES string of the molecule is O=C1N=C(N2CCC[C@@H]2C(=O)[O-])S/C1=C/c1ccco1. The molecule has 20 heavy (non-hydrogen) atoms. The van der Waals surface area contributed by atoms with Crippen LogP contribution in [0.15, 0.2) is 32.7 Å². The van der Waals surface area contributed by atoms with E-state index in [1.165, 1.54) is 18.0 Å². The number of amides is 1. The molecule has 0 aromatic carbocycles. The number of hydrogen-bond acceptors (Lipinski definition) is 6. The second-order valence-corrected chi connectivity index (χ2v) is 5.51. The van der Waals surface area contributed by atoms with E-state index in [4.69, 9.17) is 4.42 Å². The lowest BCUT2D eigenvalue weighted by Gasteiger charge is -2.25. The summed E-state index contributed by atoms with van der Waals surface area (Å²) >= 11 is 1.17. The van der Waals surface area contributed by atoms with E-state index in [0.717, 1.165) is 6.42 Å². The molecule has 1 saturated heterocycles. The fourth-order valence-corrected chi connectivity index (χ4v) is 3.23. The minimum atomic E-state index is -1.12. The quantitative estimate of drug-likeness (QED) is 0.736. The second-order valence-electron chi connectivity index (χ2n) is 4.50. The Balaban J connectivity index is 1.79. The molecular formula is C13H11N2O4S-. The molecule has 0 spiro atoms. The molecule has 0 radical (unpaired) electrons. The minimum absolute atomic E-state index is 0.370. The summed E-state index contributed by atoms with van der Waals surface area (Å²) in [5.74, 6) is -0.928. The molecule has 0 N–H and O–H groups in total. The van der Waals surface area contributed by atoms with E-state index in [1.807, 2.05) is 0 Å². The first-order chi connectivity index (χ1) is 9.65. The van der Waals surface area contributed by atoms with Gasteiger partial charge in [0.05, 0.1) is 23.2 Å². The van der Waals surface area contributed by atoms with Crippen molar-refractivity contribution >= 4 is 34.9 Å². The van der Waals surface area contributed by atoms with Crippen LogP contribution in [0, 0.1) is 0 Å². The first kappa shape index (κ1) is 13.0. The highest BCUT2D eigenvalue weighted by Crippen LogP contribution is 2.33. The number of aliphatic imine (C=N–C) groups is 1.